The fourth-order valence-electron chi connectivity index (χ4n) is 5.30. The third kappa shape index (κ3) is 2.65. The molecule has 1 heteroatoms. The molecule has 3 atom stereocenters. The van der Waals surface area contributed by atoms with Gasteiger partial charge in [0.2, 0.25) is 0 Å². The van der Waals surface area contributed by atoms with Crippen LogP contribution in [0.2, 0.25) is 0 Å². The minimum Gasteiger partial charge on any atom is -0.294 e. The van der Waals surface area contributed by atoms with Gasteiger partial charge in [0.15, 0.2) is 0 Å². The van der Waals surface area contributed by atoms with Crippen molar-refractivity contribution >= 4 is 0 Å². The lowest BCUT2D eigenvalue weighted by molar-refractivity contribution is 0.0567. The summed E-state index contributed by atoms with van der Waals surface area (Å²) in [5.41, 5.74) is 2.99. The van der Waals surface area contributed by atoms with E-state index in [-0.39, 0.29) is 0 Å². The van der Waals surface area contributed by atoms with Gasteiger partial charge in [-0.2, -0.15) is 0 Å². The maximum absolute atomic E-state index is 2.98. The van der Waals surface area contributed by atoms with Gasteiger partial charge in [0.25, 0.3) is 0 Å². The smallest absolute Gasteiger partial charge is 0.0107 e. The highest BCUT2D eigenvalue weighted by atomic mass is 15.2. The van der Waals surface area contributed by atoms with Crippen molar-refractivity contribution in [2.75, 3.05) is 0 Å². The molecular formula is C20H29N. The molecular weight excluding hydrogens is 254 g/mol. The predicted octanol–water partition coefficient (Wildman–Crippen LogP) is 5.04. The Morgan fingerprint density at radius 2 is 1.38 bits per heavy atom. The van der Waals surface area contributed by atoms with Crippen LogP contribution in [0.1, 0.15) is 74.8 Å². The normalized spacial score (nSPS) is 34.2. The van der Waals surface area contributed by atoms with Crippen molar-refractivity contribution in [2.24, 2.45) is 0 Å². The monoisotopic (exact) mass is 283 g/mol. The highest BCUT2D eigenvalue weighted by Crippen LogP contribution is 2.45. The van der Waals surface area contributed by atoms with Gasteiger partial charge in [-0.05, 0) is 56.9 Å². The van der Waals surface area contributed by atoms with E-state index in [9.17, 15) is 0 Å². The highest BCUT2D eigenvalue weighted by molar-refractivity contribution is 5.26. The summed E-state index contributed by atoms with van der Waals surface area (Å²) < 4.78 is 0. The minimum atomic E-state index is 0.822. The maximum Gasteiger partial charge on any atom is 0.0107 e. The molecule has 114 valence electrons. The molecule has 1 aliphatic carbocycles. The lowest BCUT2D eigenvalue weighted by atomic mass is 9.82. The first-order chi connectivity index (χ1) is 10.3. The molecule has 2 saturated heterocycles. The molecule has 1 nitrogen and oxygen atoms in total. The number of rotatable bonds is 2. The summed E-state index contributed by atoms with van der Waals surface area (Å²) >= 11 is 0. The zero-order chi connectivity index (χ0) is 14.2. The number of fused-ring (bicyclic) bond motifs is 2. The Kier molecular flexibility index (Phi) is 3.79. The second kappa shape index (κ2) is 5.76. The van der Waals surface area contributed by atoms with Gasteiger partial charge in [0.1, 0.15) is 0 Å². The molecule has 0 amide bonds. The van der Waals surface area contributed by atoms with E-state index in [0.717, 1.165) is 24.0 Å². The summed E-state index contributed by atoms with van der Waals surface area (Å²) in [6.07, 6.45) is 13.1. The standard InChI is InChI=1S/C20H29N/c1-15-7-9-16(10-8-15)17-13-19-11-12-20(14-17)21(19)18-5-3-2-4-6-18/h7-10,17-20H,2-6,11-14H2,1H3/t17-,19-,20+. The molecule has 2 bridgehead atoms. The van der Waals surface area contributed by atoms with Gasteiger partial charge in [-0.1, -0.05) is 49.1 Å². The van der Waals surface area contributed by atoms with Gasteiger partial charge in [-0.25, -0.2) is 0 Å². The van der Waals surface area contributed by atoms with Crippen LogP contribution in [0, 0.1) is 6.92 Å². The van der Waals surface area contributed by atoms with Crippen LogP contribution in [0.15, 0.2) is 24.3 Å². The Balaban J connectivity index is 1.49. The van der Waals surface area contributed by atoms with E-state index >= 15 is 0 Å². The fraction of sp³-hybridized carbons (Fsp3) is 0.700. The van der Waals surface area contributed by atoms with E-state index in [1.165, 1.54) is 63.4 Å². The largest absolute Gasteiger partial charge is 0.294 e. The maximum atomic E-state index is 2.98. The Morgan fingerprint density at radius 1 is 0.762 bits per heavy atom. The Hall–Kier alpha value is -0.820. The van der Waals surface area contributed by atoms with E-state index in [4.69, 9.17) is 0 Å². The fourth-order valence-corrected chi connectivity index (χ4v) is 5.30. The molecule has 2 aliphatic heterocycles. The minimum absolute atomic E-state index is 0.822. The lowest BCUT2D eigenvalue weighted by Crippen LogP contribution is -2.49. The molecule has 0 radical (unpaired) electrons. The molecule has 4 rings (SSSR count). The summed E-state index contributed by atoms with van der Waals surface area (Å²) in [5, 5.41) is 0. The van der Waals surface area contributed by atoms with Crippen molar-refractivity contribution in [3.8, 4) is 0 Å². The number of benzene rings is 1. The Morgan fingerprint density at radius 3 is 2.00 bits per heavy atom. The van der Waals surface area contributed by atoms with Crippen molar-refractivity contribution in [2.45, 2.75) is 88.8 Å². The summed E-state index contributed by atoms with van der Waals surface area (Å²) in [4.78, 5) is 2.98. The molecule has 2 heterocycles. The van der Waals surface area contributed by atoms with Crippen molar-refractivity contribution in [1.82, 2.24) is 4.90 Å². The van der Waals surface area contributed by atoms with Gasteiger partial charge in [0, 0.05) is 18.1 Å². The molecule has 0 spiro atoms. The Labute approximate surface area is 129 Å². The second-order valence-electron chi connectivity index (χ2n) is 7.70. The highest BCUT2D eigenvalue weighted by Gasteiger charge is 2.43. The first kappa shape index (κ1) is 13.8. The van der Waals surface area contributed by atoms with Crippen molar-refractivity contribution in [3.05, 3.63) is 35.4 Å². The number of aryl methyl sites for hydroxylation is 1. The zero-order valence-electron chi connectivity index (χ0n) is 13.4. The lowest BCUT2D eigenvalue weighted by Gasteiger charge is -2.45. The molecule has 3 fully saturated rings. The van der Waals surface area contributed by atoms with Crippen LogP contribution in [0.25, 0.3) is 0 Å². The SMILES string of the molecule is Cc1ccc([C@@H]2C[C@H]3CC[C@@H](C2)N3C2CCCCC2)cc1. The van der Waals surface area contributed by atoms with Crippen LogP contribution < -0.4 is 0 Å². The van der Waals surface area contributed by atoms with E-state index in [1.54, 1.807) is 5.56 Å². The summed E-state index contributed by atoms with van der Waals surface area (Å²) in [5.74, 6) is 0.822. The van der Waals surface area contributed by atoms with Crippen molar-refractivity contribution in [1.29, 1.82) is 0 Å². The molecule has 0 N–H and O–H groups in total. The molecule has 0 aromatic heterocycles. The average Bonchev–Trinajstić information content (AvgIpc) is 2.79. The molecule has 0 unspecified atom stereocenters. The van der Waals surface area contributed by atoms with E-state index < -0.39 is 0 Å². The van der Waals surface area contributed by atoms with Crippen LogP contribution in [-0.4, -0.2) is 23.0 Å². The van der Waals surface area contributed by atoms with Gasteiger partial charge in [0.05, 0.1) is 0 Å². The zero-order valence-corrected chi connectivity index (χ0v) is 13.4. The second-order valence-corrected chi connectivity index (χ2v) is 7.70. The van der Waals surface area contributed by atoms with Crippen molar-refractivity contribution < 1.29 is 0 Å². The van der Waals surface area contributed by atoms with E-state index in [1.807, 2.05) is 0 Å². The number of nitrogens with zero attached hydrogens (tertiary/aromatic N) is 1. The quantitative estimate of drug-likeness (QED) is 0.735. The molecule has 21 heavy (non-hydrogen) atoms. The molecule has 1 aromatic carbocycles. The average molecular weight is 283 g/mol. The number of hydrogen-bond donors (Lipinski definition) is 0. The van der Waals surface area contributed by atoms with Crippen LogP contribution in [0.5, 0.6) is 0 Å². The molecule has 3 aliphatic rings. The van der Waals surface area contributed by atoms with E-state index in [0.29, 0.717) is 0 Å². The van der Waals surface area contributed by atoms with Crippen LogP contribution in [0.3, 0.4) is 0 Å². The first-order valence-electron chi connectivity index (χ1n) is 9.15. The third-order valence-electron chi connectivity index (χ3n) is 6.33. The van der Waals surface area contributed by atoms with Crippen molar-refractivity contribution in [3.63, 3.8) is 0 Å². The van der Waals surface area contributed by atoms with Gasteiger partial charge < -0.3 is 0 Å². The number of piperidine rings is 1. The van der Waals surface area contributed by atoms with Gasteiger partial charge in [-0.3, -0.25) is 4.90 Å². The predicted molar refractivity (Wildman–Crippen MR) is 88.7 cm³/mol. The summed E-state index contributed by atoms with van der Waals surface area (Å²) in [7, 11) is 0. The van der Waals surface area contributed by atoms with Gasteiger partial charge in [-0.15, -0.1) is 0 Å². The number of hydrogen-bond acceptors (Lipinski definition) is 1. The van der Waals surface area contributed by atoms with Gasteiger partial charge >= 0.3 is 0 Å². The van der Waals surface area contributed by atoms with Crippen LogP contribution in [-0.2, 0) is 0 Å². The first-order valence-corrected chi connectivity index (χ1v) is 9.15. The third-order valence-corrected chi connectivity index (χ3v) is 6.33. The molecule has 1 saturated carbocycles. The van der Waals surface area contributed by atoms with E-state index in [2.05, 4.69) is 36.1 Å². The van der Waals surface area contributed by atoms with Crippen LogP contribution in [0.4, 0.5) is 0 Å². The summed E-state index contributed by atoms with van der Waals surface area (Å²) in [6.45, 7) is 2.19. The Bertz CT molecular complexity index is 457. The molecule has 1 aromatic rings. The summed E-state index contributed by atoms with van der Waals surface area (Å²) in [6, 6.07) is 12.1. The van der Waals surface area contributed by atoms with Crippen LogP contribution >= 0.6 is 0 Å². The topological polar surface area (TPSA) is 3.24 Å².